The molecule has 0 aliphatic rings. The quantitative estimate of drug-likeness (QED) is 0.663. The van der Waals surface area contributed by atoms with E-state index in [0.29, 0.717) is 12.1 Å². The molecule has 0 bridgehead atoms. The van der Waals surface area contributed by atoms with Crippen LogP contribution >= 0.6 is 0 Å². The number of para-hydroxylation sites is 2. The zero-order chi connectivity index (χ0) is 13.2. The average Bonchev–Trinajstić information content (AvgIpc) is 3.01. The fraction of sp³-hybridized carbons (Fsp3) is 0.154. The molecule has 3 aromatic rings. The Morgan fingerprint density at radius 3 is 2.95 bits per heavy atom. The number of hydrogen-bond donors (Lipinski definition) is 3. The van der Waals surface area contributed by atoms with E-state index in [-0.39, 0.29) is 5.91 Å². The Morgan fingerprint density at radius 2 is 2.21 bits per heavy atom. The highest BCUT2D eigenvalue weighted by Gasteiger charge is 2.11. The lowest BCUT2D eigenvalue weighted by Crippen LogP contribution is -2.23. The van der Waals surface area contributed by atoms with Crippen molar-refractivity contribution in [2.24, 2.45) is 0 Å². The van der Waals surface area contributed by atoms with Crippen molar-refractivity contribution in [1.82, 2.24) is 25.5 Å². The van der Waals surface area contributed by atoms with Gasteiger partial charge in [0.1, 0.15) is 5.82 Å². The highest BCUT2D eigenvalue weighted by atomic mass is 16.1. The molecule has 19 heavy (non-hydrogen) atoms. The van der Waals surface area contributed by atoms with Crippen LogP contribution in [-0.2, 0) is 6.54 Å². The van der Waals surface area contributed by atoms with E-state index in [1.807, 2.05) is 31.2 Å². The van der Waals surface area contributed by atoms with Gasteiger partial charge in [-0.1, -0.05) is 12.1 Å². The topological polar surface area (TPSA) is 86.5 Å². The van der Waals surface area contributed by atoms with Crippen LogP contribution in [0.1, 0.15) is 21.9 Å². The van der Waals surface area contributed by atoms with Crippen LogP contribution in [0.4, 0.5) is 0 Å². The van der Waals surface area contributed by atoms with Crippen LogP contribution in [0, 0.1) is 6.92 Å². The van der Waals surface area contributed by atoms with Gasteiger partial charge in [0.25, 0.3) is 5.91 Å². The zero-order valence-electron chi connectivity index (χ0n) is 10.4. The number of benzene rings is 1. The molecule has 0 fully saturated rings. The summed E-state index contributed by atoms with van der Waals surface area (Å²) in [5, 5.41) is 9.37. The van der Waals surface area contributed by atoms with Crippen molar-refractivity contribution in [3.8, 4) is 0 Å². The van der Waals surface area contributed by atoms with Crippen LogP contribution in [0.15, 0.2) is 30.5 Å². The predicted molar refractivity (Wildman–Crippen MR) is 70.6 cm³/mol. The Balaban J connectivity index is 1.72. The van der Waals surface area contributed by atoms with Gasteiger partial charge in [0, 0.05) is 5.69 Å². The summed E-state index contributed by atoms with van der Waals surface area (Å²) in [7, 11) is 0. The van der Waals surface area contributed by atoms with E-state index in [4.69, 9.17) is 0 Å². The lowest BCUT2D eigenvalue weighted by atomic mass is 10.2. The van der Waals surface area contributed by atoms with Crippen LogP contribution in [0.25, 0.3) is 11.0 Å². The Hall–Kier alpha value is -2.63. The molecule has 2 aromatic heterocycles. The summed E-state index contributed by atoms with van der Waals surface area (Å²) in [6, 6.07) is 7.75. The van der Waals surface area contributed by atoms with E-state index in [1.54, 1.807) is 0 Å². The number of carbonyl (C=O) groups is 1. The number of rotatable bonds is 3. The molecule has 6 heteroatoms. The molecule has 0 saturated carbocycles. The maximum Gasteiger partial charge on any atom is 0.255 e. The van der Waals surface area contributed by atoms with Gasteiger partial charge in [-0.05, 0) is 19.1 Å². The van der Waals surface area contributed by atoms with Crippen molar-refractivity contribution < 1.29 is 4.79 Å². The second kappa shape index (κ2) is 4.56. The molecule has 0 atom stereocenters. The van der Waals surface area contributed by atoms with Gasteiger partial charge in [0.15, 0.2) is 0 Å². The third-order valence-electron chi connectivity index (χ3n) is 2.93. The number of carbonyl (C=O) groups excluding carboxylic acids is 1. The average molecular weight is 255 g/mol. The molecule has 3 rings (SSSR count). The molecule has 96 valence electrons. The molecule has 1 amide bonds. The number of nitrogens with zero attached hydrogens (tertiary/aromatic N) is 2. The van der Waals surface area contributed by atoms with Crippen LogP contribution in [-0.4, -0.2) is 26.1 Å². The molecule has 0 aliphatic heterocycles. The second-order valence-electron chi connectivity index (χ2n) is 4.29. The van der Waals surface area contributed by atoms with Gasteiger partial charge in [0.2, 0.25) is 0 Å². The minimum atomic E-state index is -0.160. The SMILES string of the molecule is Cc1[nH]ncc1C(=O)NCc1nc2ccccc2[nH]1. The van der Waals surface area contributed by atoms with Crippen LogP contribution < -0.4 is 5.32 Å². The molecule has 0 radical (unpaired) electrons. The summed E-state index contributed by atoms with van der Waals surface area (Å²) in [6.07, 6.45) is 1.52. The van der Waals surface area contributed by atoms with E-state index in [9.17, 15) is 4.79 Å². The summed E-state index contributed by atoms with van der Waals surface area (Å²) in [5.41, 5.74) is 3.16. The van der Waals surface area contributed by atoms with E-state index >= 15 is 0 Å². The smallest absolute Gasteiger partial charge is 0.255 e. The first kappa shape index (κ1) is 11.5. The van der Waals surface area contributed by atoms with Crippen LogP contribution in [0.2, 0.25) is 0 Å². The van der Waals surface area contributed by atoms with Crippen molar-refractivity contribution >= 4 is 16.9 Å². The fourth-order valence-electron chi connectivity index (χ4n) is 1.93. The standard InChI is InChI=1S/C13H13N5O/c1-8-9(6-15-18-8)13(19)14-7-12-16-10-4-2-3-5-11(10)17-12/h2-6H,7H2,1H3,(H,14,19)(H,15,18)(H,16,17). The molecule has 1 aromatic carbocycles. The fourth-order valence-corrected chi connectivity index (χ4v) is 1.93. The number of aromatic amines is 2. The number of imidazole rings is 1. The van der Waals surface area contributed by atoms with Gasteiger partial charge >= 0.3 is 0 Å². The molecule has 0 aliphatic carbocycles. The molecule has 0 saturated heterocycles. The van der Waals surface area contributed by atoms with Gasteiger partial charge < -0.3 is 10.3 Å². The molecule has 0 spiro atoms. The monoisotopic (exact) mass is 255 g/mol. The lowest BCUT2D eigenvalue weighted by Gasteiger charge is -2.01. The van der Waals surface area contributed by atoms with E-state index in [2.05, 4.69) is 25.5 Å². The van der Waals surface area contributed by atoms with Crippen molar-refractivity contribution in [3.05, 3.63) is 47.5 Å². The number of nitrogens with one attached hydrogen (secondary N) is 3. The minimum Gasteiger partial charge on any atom is -0.345 e. The maximum absolute atomic E-state index is 11.9. The first-order valence-electron chi connectivity index (χ1n) is 5.96. The van der Waals surface area contributed by atoms with Gasteiger partial charge in [-0.25, -0.2) is 4.98 Å². The predicted octanol–water partition coefficient (Wildman–Crippen LogP) is 1.52. The van der Waals surface area contributed by atoms with Crippen LogP contribution in [0.5, 0.6) is 0 Å². The third-order valence-corrected chi connectivity index (χ3v) is 2.93. The highest BCUT2D eigenvalue weighted by molar-refractivity contribution is 5.94. The molecule has 3 N–H and O–H groups in total. The first-order chi connectivity index (χ1) is 9.24. The van der Waals surface area contributed by atoms with Crippen LogP contribution in [0.3, 0.4) is 0 Å². The summed E-state index contributed by atoms with van der Waals surface area (Å²) in [4.78, 5) is 19.5. The van der Waals surface area contributed by atoms with Gasteiger partial charge in [0.05, 0.1) is 29.3 Å². The second-order valence-corrected chi connectivity index (χ2v) is 4.29. The molecular weight excluding hydrogens is 242 g/mol. The number of H-pyrrole nitrogens is 2. The number of aryl methyl sites for hydroxylation is 1. The molecular formula is C13H13N5O. The minimum absolute atomic E-state index is 0.160. The van der Waals surface area contributed by atoms with Crippen molar-refractivity contribution in [3.63, 3.8) is 0 Å². The van der Waals surface area contributed by atoms with E-state index in [0.717, 1.165) is 22.6 Å². The summed E-state index contributed by atoms with van der Waals surface area (Å²) >= 11 is 0. The number of amides is 1. The third kappa shape index (κ3) is 2.20. The molecule has 0 unspecified atom stereocenters. The Bertz CT molecular complexity index is 694. The molecule has 2 heterocycles. The normalized spacial score (nSPS) is 10.8. The van der Waals surface area contributed by atoms with E-state index < -0.39 is 0 Å². The maximum atomic E-state index is 11.9. The van der Waals surface area contributed by atoms with Gasteiger partial charge in [-0.2, -0.15) is 5.10 Å². The zero-order valence-corrected chi connectivity index (χ0v) is 10.4. The summed E-state index contributed by atoms with van der Waals surface area (Å²) in [5.74, 6) is 0.572. The number of hydrogen-bond acceptors (Lipinski definition) is 3. The Labute approximate surface area is 109 Å². The Kier molecular flexibility index (Phi) is 2.75. The van der Waals surface area contributed by atoms with Gasteiger partial charge in [-0.15, -0.1) is 0 Å². The Morgan fingerprint density at radius 1 is 1.37 bits per heavy atom. The lowest BCUT2D eigenvalue weighted by molar-refractivity contribution is 0.0949. The highest BCUT2D eigenvalue weighted by Crippen LogP contribution is 2.10. The largest absolute Gasteiger partial charge is 0.345 e. The van der Waals surface area contributed by atoms with Crippen molar-refractivity contribution in [2.45, 2.75) is 13.5 Å². The number of fused-ring (bicyclic) bond motifs is 1. The number of aromatic nitrogens is 4. The van der Waals surface area contributed by atoms with Crippen molar-refractivity contribution in [1.29, 1.82) is 0 Å². The first-order valence-corrected chi connectivity index (χ1v) is 5.96. The summed E-state index contributed by atoms with van der Waals surface area (Å²) in [6.45, 7) is 2.17. The molecule has 6 nitrogen and oxygen atoms in total. The van der Waals surface area contributed by atoms with E-state index in [1.165, 1.54) is 6.20 Å². The van der Waals surface area contributed by atoms with Gasteiger partial charge in [-0.3, -0.25) is 9.89 Å². The summed E-state index contributed by atoms with van der Waals surface area (Å²) < 4.78 is 0. The van der Waals surface area contributed by atoms with Crippen molar-refractivity contribution in [2.75, 3.05) is 0 Å².